The van der Waals surface area contributed by atoms with Gasteiger partial charge in [-0.05, 0) is 44.2 Å². The third kappa shape index (κ3) is 4.84. The van der Waals surface area contributed by atoms with Crippen molar-refractivity contribution in [3.63, 3.8) is 0 Å². The molecule has 0 spiro atoms. The zero-order valence-corrected chi connectivity index (χ0v) is 17.0. The van der Waals surface area contributed by atoms with E-state index < -0.39 is 10.8 Å². The van der Waals surface area contributed by atoms with Gasteiger partial charge in [-0.3, -0.25) is 19.7 Å². The number of nitrogens with two attached hydrogens (primary N) is 1. The Bertz CT molecular complexity index is 1120. The van der Waals surface area contributed by atoms with Crippen LogP contribution in [0.5, 0.6) is 0 Å². The quantitative estimate of drug-likeness (QED) is 0.333. The number of benzene rings is 2. The van der Waals surface area contributed by atoms with Crippen LogP contribution in [0, 0.1) is 24.0 Å². The van der Waals surface area contributed by atoms with Gasteiger partial charge >= 0.3 is 0 Å². The Labute approximate surface area is 175 Å². The number of nitrogens with zero attached hydrogens (tertiary/aromatic N) is 2. The van der Waals surface area contributed by atoms with Crippen LogP contribution in [0.1, 0.15) is 21.8 Å². The zero-order valence-electron chi connectivity index (χ0n) is 16.2. The molecule has 3 aromatic rings. The van der Waals surface area contributed by atoms with E-state index in [0.717, 1.165) is 29.3 Å². The zero-order chi connectivity index (χ0) is 21.8. The number of aryl methyl sites for hydroxylation is 2. The van der Waals surface area contributed by atoms with Gasteiger partial charge in [0, 0.05) is 22.9 Å². The molecule has 3 rings (SSSR count). The van der Waals surface area contributed by atoms with E-state index in [1.807, 2.05) is 19.9 Å². The summed E-state index contributed by atoms with van der Waals surface area (Å²) in [5, 5.41) is 14.0. The minimum atomic E-state index is -0.760. The largest absolute Gasteiger partial charge is 0.441 e. The van der Waals surface area contributed by atoms with E-state index >= 15 is 0 Å². The first-order valence-corrected chi connectivity index (χ1v) is 9.78. The molecule has 10 heteroatoms. The summed E-state index contributed by atoms with van der Waals surface area (Å²) in [6.07, 6.45) is 0. The van der Waals surface area contributed by atoms with Crippen molar-refractivity contribution in [2.75, 3.05) is 11.1 Å². The first kappa shape index (κ1) is 21.1. The van der Waals surface area contributed by atoms with Crippen molar-refractivity contribution in [2.45, 2.75) is 18.7 Å². The van der Waals surface area contributed by atoms with Gasteiger partial charge in [0.2, 0.25) is 17.7 Å². The molecule has 0 unspecified atom stereocenters. The molecule has 0 saturated carbocycles. The molecule has 2 aromatic carbocycles. The van der Waals surface area contributed by atoms with E-state index in [4.69, 9.17) is 10.2 Å². The average molecular weight is 426 g/mol. The molecular formula is C20H18N4O5S. The van der Waals surface area contributed by atoms with E-state index in [-0.39, 0.29) is 27.8 Å². The number of hydrogen-bond acceptors (Lipinski definition) is 7. The van der Waals surface area contributed by atoms with Crippen LogP contribution >= 0.6 is 11.8 Å². The third-order valence-electron chi connectivity index (χ3n) is 4.22. The van der Waals surface area contributed by atoms with Gasteiger partial charge < -0.3 is 15.5 Å². The van der Waals surface area contributed by atoms with E-state index in [2.05, 4.69) is 10.3 Å². The Balaban J connectivity index is 1.69. The average Bonchev–Trinajstić information content (AvgIpc) is 3.05. The molecule has 0 aliphatic rings. The standard InChI is InChI=1S/C20H18N4O5S/c1-11-12(2)29-20(22-11)14-4-3-5-15(8-14)23-18(25)10-30-17-7-6-13(19(21)26)9-16(17)24(27)28/h3-9H,10H2,1-2H3,(H2,21,26)(H,23,25). The highest BCUT2D eigenvalue weighted by molar-refractivity contribution is 8.00. The number of nitrogens with one attached hydrogen (secondary N) is 1. The normalized spacial score (nSPS) is 10.6. The van der Waals surface area contributed by atoms with Gasteiger partial charge in [-0.15, -0.1) is 11.8 Å². The maximum absolute atomic E-state index is 12.3. The van der Waals surface area contributed by atoms with Gasteiger partial charge in [0.15, 0.2) is 0 Å². The van der Waals surface area contributed by atoms with Crippen LogP contribution in [-0.2, 0) is 4.79 Å². The van der Waals surface area contributed by atoms with Crippen molar-refractivity contribution in [3.8, 4) is 11.5 Å². The lowest BCUT2D eigenvalue weighted by atomic mass is 10.2. The van der Waals surface area contributed by atoms with Gasteiger partial charge in [0.1, 0.15) is 5.76 Å². The van der Waals surface area contributed by atoms with Crippen LogP contribution in [0.2, 0.25) is 0 Å². The summed E-state index contributed by atoms with van der Waals surface area (Å²) < 4.78 is 5.60. The summed E-state index contributed by atoms with van der Waals surface area (Å²) in [5.41, 5.74) is 6.97. The molecule has 0 saturated heterocycles. The Kier molecular flexibility index (Phi) is 6.17. The number of thioether (sulfide) groups is 1. The van der Waals surface area contributed by atoms with E-state index in [0.29, 0.717) is 17.1 Å². The Morgan fingerprint density at radius 2 is 2.00 bits per heavy atom. The fraction of sp³-hybridized carbons (Fsp3) is 0.150. The summed E-state index contributed by atoms with van der Waals surface area (Å²) in [5.74, 6) is 0.0207. The molecule has 0 aliphatic carbocycles. The van der Waals surface area contributed by atoms with Crippen LogP contribution in [0.25, 0.3) is 11.5 Å². The molecule has 0 atom stereocenters. The maximum atomic E-state index is 12.3. The highest BCUT2D eigenvalue weighted by atomic mass is 32.2. The first-order chi connectivity index (χ1) is 14.2. The number of rotatable bonds is 7. The van der Waals surface area contributed by atoms with Crippen molar-refractivity contribution in [1.82, 2.24) is 4.98 Å². The van der Waals surface area contributed by atoms with Gasteiger partial charge in [-0.2, -0.15) is 0 Å². The highest BCUT2D eigenvalue weighted by Crippen LogP contribution is 2.30. The Morgan fingerprint density at radius 1 is 1.23 bits per heavy atom. The smallest absolute Gasteiger partial charge is 0.283 e. The minimum Gasteiger partial charge on any atom is -0.441 e. The summed E-state index contributed by atoms with van der Waals surface area (Å²) in [7, 11) is 0. The monoisotopic (exact) mass is 426 g/mol. The number of oxazole rings is 1. The van der Waals surface area contributed by atoms with Crippen molar-refractivity contribution in [3.05, 3.63) is 69.6 Å². The summed E-state index contributed by atoms with van der Waals surface area (Å²) in [4.78, 5) is 38.8. The molecule has 0 aliphatic heterocycles. The predicted molar refractivity (Wildman–Crippen MR) is 112 cm³/mol. The summed E-state index contributed by atoms with van der Waals surface area (Å²) in [6, 6.07) is 10.9. The van der Waals surface area contributed by atoms with E-state index in [9.17, 15) is 19.7 Å². The lowest BCUT2D eigenvalue weighted by Crippen LogP contribution is -2.14. The number of carbonyl (C=O) groups is 2. The molecule has 30 heavy (non-hydrogen) atoms. The first-order valence-electron chi connectivity index (χ1n) is 8.80. The number of amides is 2. The number of nitro groups is 1. The van der Waals surface area contributed by atoms with E-state index in [1.54, 1.807) is 18.2 Å². The van der Waals surface area contributed by atoms with Crippen LogP contribution in [0.3, 0.4) is 0 Å². The van der Waals surface area contributed by atoms with Crippen molar-refractivity contribution in [2.24, 2.45) is 5.73 Å². The number of carbonyl (C=O) groups excluding carboxylic acids is 2. The van der Waals surface area contributed by atoms with E-state index in [1.165, 1.54) is 12.1 Å². The molecule has 1 aromatic heterocycles. The lowest BCUT2D eigenvalue weighted by molar-refractivity contribution is -0.387. The number of nitro benzene ring substituents is 1. The summed E-state index contributed by atoms with van der Waals surface area (Å²) >= 11 is 0.992. The third-order valence-corrected chi connectivity index (χ3v) is 5.28. The van der Waals surface area contributed by atoms with Crippen LogP contribution in [0.15, 0.2) is 51.8 Å². The van der Waals surface area contributed by atoms with Gasteiger partial charge in [-0.1, -0.05) is 6.07 Å². The number of aromatic nitrogens is 1. The molecule has 0 bridgehead atoms. The van der Waals surface area contributed by atoms with Gasteiger partial charge in [0.25, 0.3) is 5.69 Å². The second kappa shape index (κ2) is 8.78. The number of hydrogen-bond donors (Lipinski definition) is 2. The van der Waals surface area contributed by atoms with Crippen LogP contribution in [-0.4, -0.2) is 27.5 Å². The molecule has 0 radical (unpaired) electrons. The molecule has 154 valence electrons. The van der Waals surface area contributed by atoms with Crippen molar-refractivity contribution in [1.29, 1.82) is 0 Å². The maximum Gasteiger partial charge on any atom is 0.283 e. The second-order valence-electron chi connectivity index (χ2n) is 6.38. The minimum absolute atomic E-state index is 0.0318. The van der Waals surface area contributed by atoms with Crippen molar-refractivity contribution < 1.29 is 18.9 Å². The van der Waals surface area contributed by atoms with Crippen molar-refractivity contribution >= 4 is 35.0 Å². The van der Waals surface area contributed by atoms with Crippen LogP contribution < -0.4 is 11.1 Å². The lowest BCUT2D eigenvalue weighted by Gasteiger charge is -2.07. The molecule has 9 nitrogen and oxygen atoms in total. The summed E-state index contributed by atoms with van der Waals surface area (Å²) in [6.45, 7) is 3.67. The Hall–Kier alpha value is -3.66. The molecule has 2 amide bonds. The topological polar surface area (TPSA) is 141 Å². The molecule has 0 fully saturated rings. The molecule has 1 heterocycles. The number of anilines is 1. The SMILES string of the molecule is Cc1nc(-c2cccc(NC(=O)CSc3ccc(C(N)=O)cc3[N+](=O)[O-])c2)oc1C. The number of primary amides is 1. The fourth-order valence-corrected chi connectivity index (χ4v) is 3.41. The highest BCUT2D eigenvalue weighted by Gasteiger charge is 2.18. The second-order valence-corrected chi connectivity index (χ2v) is 7.40. The van der Waals surface area contributed by atoms with Crippen LogP contribution in [0.4, 0.5) is 11.4 Å². The fourth-order valence-electron chi connectivity index (χ4n) is 2.60. The molecular weight excluding hydrogens is 408 g/mol. The van der Waals surface area contributed by atoms with Gasteiger partial charge in [-0.25, -0.2) is 4.98 Å². The molecule has 3 N–H and O–H groups in total. The van der Waals surface area contributed by atoms with Gasteiger partial charge in [0.05, 0.1) is 21.3 Å². The predicted octanol–water partition coefficient (Wildman–Crippen LogP) is 3.70. The Morgan fingerprint density at radius 3 is 2.63 bits per heavy atom.